The third-order valence-electron chi connectivity index (χ3n) is 0.411. The van der Waals surface area contributed by atoms with Gasteiger partial charge < -0.3 is 5.41 Å². The maximum atomic E-state index is 6.89. The molecule has 0 rings (SSSR count). The second kappa shape index (κ2) is 4.96. The van der Waals surface area contributed by atoms with E-state index < -0.39 is 0 Å². The molecule has 0 spiro atoms. The predicted molar refractivity (Wildman–Crippen MR) is 45.1 cm³/mol. The lowest BCUT2D eigenvalue weighted by atomic mass is 10.5. The number of hydrogen-bond donors (Lipinski definition) is 1. The molecule has 0 atom stereocenters. The Kier molecular flexibility index (Phi) is 4.84. The van der Waals surface area contributed by atoms with E-state index in [0.29, 0.717) is 5.71 Å². The van der Waals surface area contributed by atoms with Crippen LogP contribution in [0.1, 0.15) is 6.92 Å². The van der Waals surface area contributed by atoms with Gasteiger partial charge in [-0.15, -0.1) is 0 Å². The molecule has 0 aliphatic rings. The fraction of sp³-hybridized carbons (Fsp3) is 0.200. The van der Waals surface area contributed by atoms with Crippen LogP contribution in [-0.4, -0.2) is 11.9 Å². The van der Waals surface area contributed by atoms with Crippen molar-refractivity contribution in [1.29, 1.82) is 5.41 Å². The minimum absolute atomic E-state index is 0.472. The van der Waals surface area contributed by atoms with Gasteiger partial charge in [0, 0.05) is 18.1 Å². The van der Waals surface area contributed by atoms with Crippen LogP contribution in [0.4, 0.5) is 0 Å². The van der Waals surface area contributed by atoms with E-state index in [1.807, 2.05) is 0 Å². The molecule has 8 heavy (non-hydrogen) atoms. The van der Waals surface area contributed by atoms with Gasteiger partial charge in [0.15, 0.2) is 0 Å². The van der Waals surface area contributed by atoms with Crippen LogP contribution in [0.5, 0.6) is 0 Å². The molecule has 0 aromatic carbocycles. The Morgan fingerprint density at radius 2 is 2.38 bits per heavy atom. The quantitative estimate of drug-likeness (QED) is 0.548. The average Bonchev–Trinajstić information content (AvgIpc) is 1.66. The molecule has 0 aliphatic heterocycles. The molecule has 0 aromatic heterocycles. The molecule has 44 valence electrons. The number of nitrogens with zero attached hydrogens (tertiary/aromatic N) is 1. The molecule has 0 fully saturated rings. The van der Waals surface area contributed by atoms with Crippen LogP contribution in [0.2, 0.25) is 0 Å². The smallest absolute Gasteiger partial charge is 0.0473 e. The van der Waals surface area contributed by atoms with Crippen LogP contribution in [0.15, 0.2) is 15.3 Å². The second-order valence-electron chi connectivity index (χ2n) is 1.24. The van der Waals surface area contributed by atoms with Crippen molar-refractivity contribution in [3.05, 3.63) is 10.3 Å². The topological polar surface area (TPSA) is 36.2 Å². The number of rotatable bonds is 2. The normalized spacial score (nSPS) is 11.2. The summed E-state index contributed by atoms with van der Waals surface area (Å²) >= 11 is 2.07. The monoisotopic (exact) mass is 222 g/mol. The first-order valence-electron chi connectivity index (χ1n) is 2.11. The lowest BCUT2D eigenvalue weighted by Crippen LogP contribution is -1.85. The largest absolute Gasteiger partial charge is 0.304 e. The summed E-state index contributed by atoms with van der Waals surface area (Å²) < 4.78 is 1.79. The van der Waals surface area contributed by atoms with Crippen molar-refractivity contribution < 1.29 is 0 Å². The van der Waals surface area contributed by atoms with Gasteiger partial charge in [-0.3, -0.25) is 4.99 Å². The molecular formula is C5H7IN2. The van der Waals surface area contributed by atoms with Gasteiger partial charge in [0.1, 0.15) is 0 Å². The summed E-state index contributed by atoms with van der Waals surface area (Å²) in [7, 11) is 0. The minimum Gasteiger partial charge on any atom is -0.304 e. The molecule has 0 heterocycles. The van der Waals surface area contributed by atoms with Crippen molar-refractivity contribution >= 4 is 34.5 Å². The first-order valence-corrected chi connectivity index (χ1v) is 3.35. The molecule has 0 saturated heterocycles. The Labute approximate surface area is 62.4 Å². The molecular weight excluding hydrogens is 215 g/mol. The summed E-state index contributed by atoms with van der Waals surface area (Å²) in [4.78, 5) is 3.75. The minimum atomic E-state index is 0.472. The molecule has 0 amide bonds. The van der Waals surface area contributed by atoms with Crippen molar-refractivity contribution in [2.45, 2.75) is 6.92 Å². The van der Waals surface area contributed by atoms with Crippen molar-refractivity contribution in [3.8, 4) is 0 Å². The highest BCUT2D eigenvalue weighted by Gasteiger charge is 1.70. The highest BCUT2D eigenvalue weighted by Crippen LogP contribution is 1.82. The highest BCUT2D eigenvalue weighted by atomic mass is 127. The molecule has 0 saturated carbocycles. The van der Waals surface area contributed by atoms with Crippen molar-refractivity contribution in [2.75, 3.05) is 0 Å². The van der Waals surface area contributed by atoms with Crippen molar-refractivity contribution in [3.63, 3.8) is 0 Å². The van der Waals surface area contributed by atoms with E-state index in [0.717, 1.165) is 0 Å². The van der Waals surface area contributed by atoms with Gasteiger partial charge in [-0.25, -0.2) is 0 Å². The molecule has 0 bridgehead atoms. The van der Waals surface area contributed by atoms with Gasteiger partial charge in [-0.05, 0) is 11.0 Å². The van der Waals surface area contributed by atoms with Crippen LogP contribution < -0.4 is 0 Å². The van der Waals surface area contributed by atoms with Crippen LogP contribution in [0.25, 0.3) is 0 Å². The summed E-state index contributed by atoms with van der Waals surface area (Å²) in [6, 6.07) is 0. The zero-order valence-electron chi connectivity index (χ0n) is 4.56. The van der Waals surface area contributed by atoms with E-state index in [2.05, 4.69) is 27.6 Å². The molecule has 0 aliphatic carbocycles. The standard InChI is InChI=1S/C5H7IN2/c1-5(7)4-8-3-2-6/h2-4,7H,1H3/b3-2-,7-5?,8-4-. The predicted octanol–water partition coefficient (Wildman–Crippen LogP) is 2.00. The Bertz CT molecular complexity index is 126. The van der Waals surface area contributed by atoms with Gasteiger partial charge in [0.25, 0.3) is 0 Å². The maximum Gasteiger partial charge on any atom is 0.0473 e. The number of halogens is 1. The van der Waals surface area contributed by atoms with Crippen LogP contribution in [0.3, 0.4) is 0 Å². The van der Waals surface area contributed by atoms with E-state index in [-0.39, 0.29) is 0 Å². The third kappa shape index (κ3) is 5.81. The molecule has 1 N–H and O–H groups in total. The summed E-state index contributed by atoms with van der Waals surface area (Å²) in [5.74, 6) is 0. The Hall–Kier alpha value is -0.190. The van der Waals surface area contributed by atoms with Crippen LogP contribution in [0, 0.1) is 5.41 Å². The van der Waals surface area contributed by atoms with Gasteiger partial charge in [-0.2, -0.15) is 0 Å². The van der Waals surface area contributed by atoms with Gasteiger partial charge in [-0.1, -0.05) is 22.6 Å². The third-order valence-corrected chi connectivity index (χ3v) is 0.732. The molecule has 3 heteroatoms. The Morgan fingerprint density at radius 3 is 2.75 bits per heavy atom. The molecule has 0 unspecified atom stereocenters. The van der Waals surface area contributed by atoms with Gasteiger partial charge >= 0.3 is 0 Å². The first-order chi connectivity index (χ1) is 3.77. The van der Waals surface area contributed by atoms with Crippen LogP contribution in [-0.2, 0) is 0 Å². The SMILES string of the molecule is CC(=N)/C=N\C=C/I. The maximum absolute atomic E-state index is 6.89. The van der Waals surface area contributed by atoms with Gasteiger partial charge in [0.05, 0.1) is 0 Å². The van der Waals surface area contributed by atoms with Crippen molar-refractivity contribution in [2.24, 2.45) is 4.99 Å². The Morgan fingerprint density at radius 1 is 1.75 bits per heavy atom. The number of hydrogen-bond acceptors (Lipinski definition) is 2. The lowest BCUT2D eigenvalue weighted by molar-refractivity contribution is 1.51. The summed E-state index contributed by atoms with van der Waals surface area (Å²) in [5, 5.41) is 6.89. The van der Waals surface area contributed by atoms with E-state index in [4.69, 9.17) is 5.41 Å². The first kappa shape index (κ1) is 7.81. The summed E-state index contributed by atoms with van der Waals surface area (Å²) in [5.41, 5.74) is 0.472. The lowest BCUT2D eigenvalue weighted by Gasteiger charge is -1.75. The Balaban J connectivity index is 3.50. The molecule has 0 radical (unpaired) electrons. The molecule has 0 aromatic rings. The zero-order valence-corrected chi connectivity index (χ0v) is 6.71. The summed E-state index contributed by atoms with van der Waals surface area (Å²) in [6.45, 7) is 1.69. The number of nitrogens with one attached hydrogen (secondary N) is 1. The van der Waals surface area contributed by atoms with E-state index >= 15 is 0 Å². The van der Waals surface area contributed by atoms with E-state index in [1.165, 1.54) is 6.21 Å². The highest BCUT2D eigenvalue weighted by molar-refractivity contribution is 14.1. The van der Waals surface area contributed by atoms with E-state index in [1.54, 1.807) is 17.2 Å². The summed E-state index contributed by atoms with van der Waals surface area (Å²) in [6.07, 6.45) is 3.13. The van der Waals surface area contributed by atoms with Gasteiger partial charge in [0.2, 0.25) is 0 Å². The zero-order chi connectivity index (χ0) is 6.41. The average molecular weight is 222 g/mol. The second-order valence-corrected chi connectivity index (χ2v) is 1.96. The fourth-order valence-corrected chi connectivity index (χ4v) is 0.373. The van der Waals surface area contributed by atoms with E-state index in [9.17, 15) is 0 Å². The van der Waals surface area contributed by atoms with Crippen molar-refractivity contribution in [1.82, 2.24) is 0 Å². The van der Waals surface area contributed by atoms with Crippen LogP contribution >= 0.6 is 22.6 Å². The number of aliphatic imine (C=N–C) groups is 1. The molecule has 2 nitrogen and oxygen atoms in total. The fourth-order valence-electron chi connectivity index (χ4n) is 0.187.